The summed E-state index contributed by atoms with van der Waals surface area (Å²) in [4.78, 5) is 34.4. The van der Waals surface area contributed by atoms with E-state index >= 15 is 0 Å². The molecule has 1 aromatic carbocycles. The number of nitrogens with one attached hydrogen (secondary N) is 1. The molecular formula is C32H50N4O2S2. The van der Waals surface area contributed by atoms with Crippen molar-refractivity contribution in [3.05, 3.63) is 42.1 Å². The lowest BCUT2D eigenvalue weighted by Crippen LogP contribution is -2.50. The smallest absolute Gasteiger partial charge is 0.324 e. The van der Waals surface area contributed by atoms with Crippen molar-refractivity contribution in [1.82, 2.24) is 14.8 Å². The lowest BCUT2D eigenvalue weighted by molar-refractivity contribution is -0.128. The van der Waals surface area contributed by atoms with Gasteiger partial charge in [-0.05, 0) is 50.5 Å². The maximum Gasteiger partial charge on any atom is 0.324 e. The second kappa shape index (κ2) is 18.4. The molecule has 3 amide bonds. The Morgan fingerprint density at radius 3 is 1.98 bits per heavy atom. The molecule has 0 atom stereocenters. The number of aromatic nitrogens is 1. The van der Waals surface area contributed by atoms with Crippen LogP contribution in [0.4, 0.5) is 9.93 Å². The number of benzene rings is 1. The summed E-state index contributed by atoms with van der Waals surface area (Å²) in [5.74, 6) is 0.602. The van der Waals surface area contributed by atoms with Gasteiger partial charge < -0.3 is 9.80 Å². The second-order valence-corrected chi connectivity index (χ2v) is 13.2. The van der Waals surface area contributed by atoms with Crippen LogP contribution in [0.2, 0.25) is 0 Å². The number of carbonyl (C=O) groups excluding carboxylic acids is 2. The second-order valence-electron chi connectivity index (χ2n) is 10.9. The number of hydrogen-bond donors (Lipinski definition) is 1. The van der Waals surface area contributed by atoms with E-state index in [1.807, 2.05) is 11.0 Å². The quantitative estimate of drug-likeness (QED) is 0.268. The van der Waals surface area contributed by atoms with Gasteiger partial charge in [0.05, 0.1) is 16.2 Å². The SMILES string of the molecule is CCCN(CCC)C(=O)CSc1cnc(NC(=O)N(C2CCCCC2)C2CCCCC2)s1.CCc1ccccc1. The third-order valence-corrected chi connectivity index (χ3v) is 9.89. The molecule has 8 heteroatoms. The summed E-state index contributed by atoms with van der Waals surface area (Å²) in [6, 6.07) is 11.2. The summed E-state index contributed by atoms with van der Waals surface area (Å²) in [7, 11) is 0. The van der Waals surface area contributed by atoms with Crippen LogP contribution in [-0.4, -0.2) is 57.6 Å². The highest BCUT2D eigenvalue weighted by Crippen LogP contribution is 2.32. The van der Waals surface area contributed by atoms with Crippen molar-refractivity contribution in [3.63, 3.8) is 0 Å². The summed E-state index contributed by atoms with van der Waals surface area (Å²) in [6.07, 6.45) is 16.8. The minimum Gasteiger partial charge on any atom is -0.342 e. The third kappa shape index (κ3) is 10.7. The van der Waals surface area contributed by atoms with Gasteiger partial charge in [0.15, 0.2) is 5.13 Å². The van der Waals surface area contributed by atoms with E-state index in [0.29, 0.717) is 23.0 Å². The Balaban J connectivity index is 0.000000472. The van der Waals surface area contributed by atoms with Gasteiger partial charge in [-0.1, -0.05) is 101 Å². The van der Waals surface area contributed by atoms with E-state index in [-0.39, 0.29) is 11.9 Å². The number of nitrogens with zero attached hydrogens (tertiary/aromatic N) is 3. The fraction of sp³-hybridized carbons (Fsp3) is 0.656. The van der Waals surface area contributed by atoms with Crippen LogP contribution in [0.5, 0.6) is 0 Å². The summed E-state index contributed by atoms with van der Waals surface area (Å²) in [6.45, 7) is 8.00. The van der Waals surface area contributed by atoms with Crippen LogP contribution in [-0.2, 0) is 11.2 Å². The number of rotatable bonds is 11. The molecule has 0 bridgehead atoms. The summed E-state index contributed by atoms with van der Waals surface area (Å²) >= 11 is 3.00. The fourth-order valence-electron chi connectivity index (χ4n) is 5.73. The van der Waals surface area contributed by atoms with Gasteiger partial charge in [0, 0.05) is 25.2 Å². The molecule has 2 saturated carbocycles. The van der Waals surface area contributed by atoms with Gasteiger partial charge in [-0.3, -0.25) is 10.1 Å². The first-order valence-corrected chi connectivity index (χ1v) is 17.4. The Bertz CT molecular complexity index is 964. The Labute approximate surface area is 250 Å². The Morgan fingerprint density at radius 2 is 1.48 bits per heavy atom. The molecule has 2 fully saturated rings. The first-order valence-electron chi connectivity index (χ1n) is 15.5. The fourth-order valence-corrected chi connectivity index (χ4v) is 7.49. The molecule has 40 heavy (non-hydrogen) atoms. The summed E-state index contributed by atoms with van der Waals surface area (Å²) in [5.41, 5.74) is 1.41. The van der Waals surface area contributed by atoms with Crippen LogP contribution in [0.15, 0.2) is 40.7 Å². The number of aryl methyl sites for hydroxylation is 1. The maximum absolute atomic E-state index is 13.3. The van der Waals surface area contributed by atoms with Crippen molar-refractivity contribution in [3.8, 4) is 0 Å². The molecule has 1 N–H and O–H groups in total. The van der Waals surface area contributed by atoms with Crippen LogP contribution in [0.3, 0.4) is 0 Å². The zero-order valence-electron chi connectivity index (χ0n) is 24.9. The van der Waals surface area contributed by atoms with Crippen LogP contribution >= 0.6 is 23.1 Å². The van der Waals surface area contributed by atoms with Crippen LogP contribution in [0, 0.1) is 0 Å². The molecule has 1 heterocycles. The predicted molar refractivity (Wildman–Crippen MR) is 170 cm³/mol. The van der Waals surface area contributed by atoms with Gasteiger partial charge >= 0.3 is 6.03 Å². The highest BCUT2D eigenvalue weighted by Gasteiger charge is 2.32. The minimum atomic E-state index is 0.0165. The molecule has 0 aliphatic heterocycles. The maximum atomic E-state index is 13.3. The van der Waals surface area contributed by atoms with Gasteiger partial charge in [0.1, 0.15) is 0 Å². The number of thiazole rings is 1. The zero-order valence-corrected chi connectivity index (χ0v) is 26.5. The monoisotopic (exact) mass is 586 g/mol. The van der Waals surface area contributed by atoms with Gasteiger partial charge in [0.2, 0.25) is 5.91 Å². The van der Waals surface area contributed by atoms with Crippen molar-refractivity contribution in [2.45, 2.75) is 121 Å². The Hall–Kier alpha value is -2.06. The lowest BCUT2D eigenvalue weighted by Gasteiger charge is -2.41. The molecule has 0 spiro atoms. The standard InChI is InChI=1S/C24H40N4O2S2.C8H10/c1-3-15-27(16-4-2)21(29)18-31-22-17-25-23(32-22)26-24(30)28(19-11-7-5-8-12-19)20-13-9-6-10-14-20;1-2-8-6-4-3-5-7-8/h17,19-20H,3-16,18H2,1-2H3,(H,25,26,30);3-7H,2H2,1H3. The third-order valence-electron chi connectivity index (χ3n) is 7.80. The van der Waals surface area contributed by atoms with Crippen molar-refractivity contribution >= 4 is 40.2 Å². The normalized spacial score (nSPS) is 16.1. The molecular weight excluding hydrogens is 537 g/mol. The van der Waals surface area contributed by atoms with E-state index < -0.39 is 0 Å². The molecule has 4 rings (SSSR count). The molecule has 1 aromatic heterocycles. The summed E-state index contributed by atoms with van der Waals surface area (Å²) < 4.78 is 0.975. The molecule has 2 aliphatic rings. The Morgan fingerprint density at radius 1 is 0.900 bits per heavy atom. The van der Waals surface area contributed by atoms with E-state index in [9.17, 15) is 9.59 Å². The lowest BCUT2D eigenvalue weighted by atomic mass is 9.89. The number of amides is 3. The first-order chi connectivity index (χ1) is 19.5. The van der Waals surface area contributed by atoms with Gasteiger partial charge in [-0.15, -0.1) is 11.8 Å². The minimum absolute atomic E-state index is 0.0165. The van der Waals surface area contributed by atoms with Crippen molar-refractivity contribution < 1.29 is 9.59 Å². The summed E-state index contributed by atoms with van der Waals surface area (Å²) in [5, 5.41) is 3.73. The average Bonchev–Trinajstić information content (AvgIpc) is 3.45. The molecule has 6 nitrogen and oxygen atoms in total. The number of anilines is 1. The number of urea groups is 1. The molecule has 222 valence electrons. The van der Waals surface area contributed by atoms with Crippen LogP contribution < -0.4 is 5.32 Å². The van der Waals surface area contributed by atoms with E-state index in [1.165, 1.54) is 67.2 Å². The number of thioether (sulfide) groups is 1. The first kappa shape index (κ1) is 32.5. The highest BCUT2D eigenvalue weighted by molar-refractivity contribution is 8.01. The van der Waals surface area contributed by atoms with Gasteiger partial charge in [-0.25, -0.2) is 9.78 Å². The molecule has 0 radical (unpaired) electrons. The zero-order chi connectivity index (χ0) is 28.6. The van der Waals surface area contributed by atoms with Crippen molar-refractivity contribution in [1.29, 1.82) is 0 Å². The van der Waals surface area contributed by atoms with E-state index in [1.54, 1.807) is 6.20 Å². The van der Waals surface area contributed by atoms with Crippen LogP contribution in [0.25, 0.3) is 0 Å². The van der Waals surface area contributed by atoms with E-state index in [4.69, 9.17) is 0 Å². The molecule has 0 unspecified atom stereocenters. The van der Waals surface area contributed by atoms with Gasteiger partial charge in [-0.2, -0.15) is 0 Å². The van der Waals surface area contributed by atoms with Crippen molar-refractivity contribution in [2.75, 3.05) is 24.2 Å². The van der Waals surface area contributed by atoms with Crippen LogP contribution in [0.1, 0.15) is 103 Å². The van der Waals surface area contributed by atoms with Crippen molar-refractivity contribution in [2.24, 2.45) is 0 Å². The van der Waals surface area contributed by atoms with E-state index in [2.05, 4.69) is 60.2 Å². The predicted octanol–water partition coefficient (Wildman–Crippen LogP) is 8.63. The number of carbonyl (C=O) groups is 2. The van der Waals surface area contributed by atoms with Gasteiger partial charge in [0.25, 0.3) is 0 Å². The molecule has 2 aliphatic carbocycles. The van der Waals surface area contributed by atoms with E-state index in [0.717, 1.165) is 62.2 Å². The Kier molecular flexibility index (Phi) is 14.9. The topological polar surface area (TPSA) is 65.5 Å². The highest BCUT2D eigenvalue weighted by atomic mass is 32.2. The average molecular weight is 587 g/mol. The molecule has 2 aromatic rings. The largest absolute Gasteiger partial charge is 0.342 e. The molecule has 0 saturated heterocycles. The number of hydrogen-bond acceptors (Lipinski definition) is 5.